The van der Waals surface area contributed by atoms with Gasteiger partial charge in [-0.2, -0.15) is 0 Å². The summed E-state index contributed by atoms with van der Waals surface area (Å²) in [5.41, 5.74) is 0.377. The highest BCUT2D eigenvalue weighted by Crippen LogP contribution is 2.23. The van der Waals surface area contributed by atoms with E-state index < -0.39 is 12.0 Å². The number of aromatic nitrogens is 1. The Bertz CT molecular complexity index is 484. The molecule has 5 nitrogen and oxygen atoms in total. The van der Waals surface area contributed by atoms with Gasteiger partial charge in [-0.25, -0.2) is 9.78 Å². The topological polar surface area (TPSA) is 70.5 Å². The minimum atomic E-state index is -0.924. The number of carboxylic acid groups (broad SMARTS) is 1. The molecule has 0 aromatic carbocycles. The zero-order chi connectivity index (χ0) is 14.0. The van der Waals surface area contributed by atoms with Crippen LogP contribution < -0.4 is 0 Å². The Balaban J connectivity index is 2.18. The lowest BCUT2D eigenvalue weighted by molar-refractivity contribution is -0.143. The molecule has 104 valence electrons. The van der Waals surface area contributed by atoms with Crippen molar-refractivity contribution < 1.29 is 14.7 Å². The van der Waals surface area contributed by atoms with Gasteiger partial charge in [-0.15, -0.1) is 11.3 Å². The molecular weight excluding hydrogens is 264 g/mol. The number of rotatable bonds is 3. The first kappa shape index (κ1) is 14.0. The zero-order valence-electron chi connectivity index (χ0n) is 11.1. The molecule has 1 fully saturated rings. The van der Waals surface area contributed by atoms with Crippen LogP contribution in [0.2, 0.25) is 0 Å². The molecule has 0 unspecified atom stereocenters. The molecule has 2 heterocycles. The minimum absolute atomic E-state index is 0.254. The highest BCUT2D eigenvalue weighted by atomic mass is 32.1. The van der Waals surface area contributed by atoms with Crippen LogP contribution in [0, 0.1) is 0 Å². The van der Waals surface area contributed by atoms with Crippen molar-refractivity contribution in [2.45, 2.75) is 45.1 Å². The summed E-state index contributed by atoms with van der Waals surface area (Å²) in [4.78, 5) is 29.3. The first-order valence-corrected chi connectivity index (χ1v) is 7.38. The molecule has 0 radical (unpaired) electrons. The first-order chi connectivity index (χ1) is 9.00. The summed E-state index contributed by atoms with van der Waals surface area (Å²) in [5.74, 6) is -0.897. The molecule has 0 saturated carbocycles. The van der Waals surface area contributed by atoms with Gasteiger partial charge in [0.15, 0.2) is 0 Å². The molecule has 0 spiro atoms. The fourth-order valence-corrected chi connectivity index (χ4v) is 3.04. The molecule has 1 atom stereocenters. The Morgan fingerprint density at radius 3 is 2.79 bits per heavy atom. The third-order valence-corrected chi connectivity index (χ3v) is 4.43. The Hall–Kier alpha value is -1.43. The molecule has 0 aliphatic carbocycles. The van der Waals surface area contributed by atoms with Crippen molar-refractivity contribution in [3.8, 4) is 0 Å². The second kappa shape index (κ2) is 5.69. The number of hydrogen-bond donors (Lipinski definition) is 1. The standard InChI is InChI=1S/C13H18N2O3S/c1-8(2)11-14-9(7-19-11)12(16)15-6-4-3-5-10(15)13(17)18/h7-8,10H,3-6H2,1-2H3,(H,17,18)/t10-/m0/s1. The number of carbonyl (C=O) groups excluding carboxylic acids is 1. The molecule has 1 aromatic heterocycles. The first-order valence-electron chi connectivity index (χ1n) is 6.50. The summed E-state index contributed by atoms with van der Waals surface area (Å²) in [6.07, 6.45) is 2.24. The summed E-state index contributed by atoms with van der Waals surface area (Å²) in [7, 11) is 0. The third kappa shape index (κ3) is 2.94. The Morgan fingerprint density at radius 1 is 1.47 bits per heavy atom. The maximum absolute atomic E-state index is 12.4. The van der Waals surface area contributed by atoms with Crippen LogP contribution in [0.4, 0.5) is 0 Å². The average Bonchev–Trinajstić information content (AvgIpc) is 2.87. The van der Waals surface area contributed by atoms with E-state index >= 15 is 0 Å². The zero-order valence-corrected chi connectivity index (χ0v) is 11.9. The van der Waals surface area contributed by atoms with Crippen LogP contribution in [0.25, 0.3) is 0 Å². The van der Waals surface area contributed by atoms with Crippen LogP contribution >= 0.6 is 11.3 Å². The second-order valence-corrected chi connectivity index (χ2v) is 5.96. The lowest BCUT2D eigenvalue weighted by Crippen LogP contribution is -2.48. The van der Waals surface area contributed by atoms with Crippen molar-refractivity contribution in [1.82, 2.24) is 9.88 Å². The van der Waals surface area contributed by atoms with Crippen LogP contribution in [-0.2, 0) is 4.79 Å². The van der Waals surface area contributed by atoms with Crippen LogP contribution in [-0.4, -0.2) is 39.5 Å². The average molecular weight is 282 g/mol. The minimum Gasteiger partial charge on any atom is -0.480 e. The summed E-state index contributed by atoms with van der Waals surface area (Å²) in [5, 5.41) is 11.8. The van der Waals surface area contributed by atoms with Gasteiger partial charge in [-0.1, -0.05) is 13.8 Å². The smallest absolute Gasteiger partial charge is 0.326 e. The normalized spacial score (nSPS) is 19.7. The Morgan fingerprint density at radius 2 is 2.21 bits per heavy atom. The van der Waals surface area contributed by atoms with Gasteiger partial charge in [0.25, 0.3) is 5.91 Å². The van der Waals surface area contributed by atoms with Gasteiger partial charge in [0, 0.05) is 17.8 Å². The van der Waals surface area contributed by atoms with E-state index in [1.807, 2.05) is 13.8 Å². The summed E-state index contributed by atoms with van der Waals surface area (Å²) < 4.78 is 0. The van der Waals surface area contributed by atoms with Crippen LogP contribution in [0.15, 0.2) is 5.38 Å². The Labute approximate surface area is 116 Å². The second-order valence-electron chi connectivity index (χ2n) is 5.07. The van der Waals surface area contributed by atoms with Crippen LogP contribution in [0.5, 0.6) is 0 Å². The number of nitrogens with zero attached hydrogens (tertiary/aromatic N) is 2. The maximum atomic E-state index is 12.4. The Kier molecular flexibility index (Phi) is 4.19. The number of likely N-dealkylation sites (tertiary alicyclic amines) is 1. The van der Waals surface area contributed by atoms with Crippen molar-refractivity contribution in [3.05, 3.63) is 16.1 Å². The highest BCUT2D eigenvalue weighted by Gasteiger charge is 2.33. The summed E-state index contributed by atoms with van der Waals surface area (Å²) in [6, 6.07) is -0.703. The molecule has 1 aliphatic heterocycles. The number of amides is 1. The lowest BCUT2D eigenvalue weighted by Gasteiger charge is -2.32. The van der Waals surface area contributed by atoms with E-state index in [0.29, 0.717) is 18.7 Å². The van der Waals surface area contributed by atoms with E-state index in [1.165, 1.54) is 16.2 Å². The molecule has 1 aliphatic rings. The van der Waals surface area contributed by atoms with Gasteiger partial charge in [-0.05, 0) is 19.3 Å². The molecule has 1 saturated heterocycles. The van der Waals surface area contributed by atoms with Crippen molar-refractivity contribution in [3.63, 3.8) is 0 Å². The third-order valence-electron chi connectivity index (χ3n) is 3.28. The summed E-state index contributed by atoms with van der Waals surface area (Å²) in [6.45, 7) is 4.55. The lowest BCUT2D eigenvalue weighted by atomic mass is 10.0. The van der Waals surface area contributed by atoms with E-state index in [-0.39, 0.29) is 11.8 Å². The maximum Gasteiger partial charge on any atom is 0.326 e. The van der Waals surface area contributed by atoms with Crippen LogP contribution in [0.1, 0.15) is 54.5 Å². The number of hydrogen-bond acceptors (Lipinski definition) is 4. The molecule has 2 rings (SSSR count). The molecule has 1 N–H and O–H groups in total. The van der Waals surface area contributed by atoms with E-state index in [9.17, 15) is 14.7 Å². The molecular formula is C13H18N2O3S. The number of carboxylic acids is 1. The van der Waals surface area contributed by atoms with Gasteiger partial charge < -0.3 is 10.0 Å². The van der Waals surface area contributed by atoms with Crippen LogP contribution in [0.3, 0.4) is 0 Å². The number of aliphatic carboxylic acids is 1. The number of thiazole rings is 1. The van der Waals surface area contributed by atoms with Crippen molar-refractivity contribution in [1.29, 1.82) is 0 Å². The number of carbonyl (C=O) groups is 2. The molecule has 1 amide bonds. The fourth-order valence-electron chi connectivity index (χ4n) is 2.23. The monoisotopic (exact) mass is 282 g/mol. The summed E-state index contributed by atoms with van der Waals surface area (Å²) >= 11 is 1.45. The van der Waals surface area contributed by atoms with E-state index in [0.717, 1.165) is 17.8 Å². The van der Waals surface area contributed by atoms with Gasteiger partial charge >= 0.3 is 5.97 Å². The largest absolute Gasteiger partial charge is 0.480 e. The predicted octanol–water partition coefficient (Wildman–Crippen LogP) is 2.35. The van der Waals surface area contributed by atoms with Gasteiger partial charge in [-0.3, -0.25) is 4.79 Å². The molecule has 1 aromatic rings. The SMILES string of the molecule is CC(C)c1nc(C(=O)N2CCCC[C@H]2C(=O)O)cs1. The van der Waals surface area contributed by atoms with Gasteiger partial charge in [0.05, 0.1) is 5.01 Å². The van der Waals surface area contributed by atoms with Crippen molar-refractivity contribution in [2.24, 2.45) is 0 Å². The van der Waals surface area contributed by atoms with E-state index in [2.05, 4.69) is 4.98 Å². The molecule has 19 heavy (non-hydrogen) atoms. The van der Waals surface area contributed by atoms with E-state index in [4.69, 9.17) is 0 Å². The van der Waals surface area contributed by atoms with Gasteiger partial charge in [0.2, 0.25) is 0 Å². The molecule has 6 heteroatoms. The van der Waals surface area contributed by atoms with Crippen molar-refractivity contribution >= 4 is 23.2 Å². The van der Waals surface area contributed by atoms with Gasteiger partial charge in [0.1, 0.15) is 11.7 Å². The predicted molar refractivity (Wildman–Crippen MR) is 72.5 cm³/mol. The van der Waals surface area contributed by atoms with Crippen molar-refractivity contribution in [2.75, 3.05) is 6.54 Å². The van der Waals surface area contributed by atoms with E-state index in [1.54, 1.807) is 5.38 Å². The fraction of sp³-hybridized carbons (Fsp3) is 0.615. The molecule has 0 bridgehead atoms. The highest BCUT2D eigenvalue weighted by molar-refractivity contribution is 7.09. The number of piperidine rings is 1. The quantitative estimate of drug-likeness (QED) is 0.923.